The highest BCUT2D eigenvalue weighted by atomic mass is 35.5. The van der Waals surface area contributed by atoms with Gasteiger partial charge in [0.25, 0.3) is 0 Å². The fraction of sp³-hybridized carbons (Fsp3) is 0.286. The normalized spacial score (nSPS) is 12.5. The number of thiazole rings is 1. The minimum absolute atomic E-state index is 0.0997. The Bertz CT molecular complexity index is 775. The molecule has 2 heterocycles. The standard InChI is InChI=1S/C14H14ClN5OS/c1-8-3-12-11(4-10(8)15)18-14(22-12)19-13(21)9(2)5-20-7-16-6-17-20/h3-4,6-7,9H,5H2,1-2H3,(H,18,19,21)/t9-/m1/s1. The Balaban J connectivity index is 1.73. The van der Waals surface area contributed by atoms with Crippen molar-refractivity contribution in [1.82, 2.24) is 19.7 Å². The van der Waals surface area contributed by atoms with Crippen molar-refractivity contribution in [3.63, 3.8) is 0 Å². The SMILES string of the molecule is Cc1cc2sc(NC(=O)[C@H](C)Cn3cncn3)nc2cc1Cl. The summed E-state index contributed by atoms with van der Waals surface area (Å²) in [7, 11) is 0. The molecule has 0 aliphatic carbocycles. The lowest BCUT2D eigenvalue weighted by Gasteiger charge is -2.09. The summed E-state index contributed by atoms with van der Waals surface area (Å²) in [6.07, 6.45) is 3.04. The van der Waals surface area contributed by atoms with Crippen molar-refractivity contribution in [2.45, 2.75) is 20.4 Å². The predicted molar refractivity (Wildman–Crippen MR) is 87.2 cm³/mol. The Morgan fingerprint density at radius 3 is 3.05 bits per heavy atom. The van der Waals surface area contributed by atoms with Crippen LogP contribution in [0.1, 0.15) is 12.5 Å². The van der Waals surface area contributed by atoms with Crippen LogP contribution in [0.15, 0.2) is 24.8 Å². The van der Waals surface area contributed by atoms with Crippen LogP contribution in [-0.4, -0.2) is 25.7 Å². The lowest BCUT2D eigenvalue weighted by atomic mass is 10.2. The molecule has 0 saturated carbocycles. The van der Waals surface area contributed by atoms with E-state index in [0.717, 1.165) is 15.8 Å². The third-order valence-electron chi connectivity index (χ3n) is 3.27. The van der Waals surface area contributed by atoms with Crippen molar-refractivity contribution < 1.29 is 4.79 Å². The Morgan fingerprint density at radius 2 is 2.32 bits per heavy atom. The number of aryl methyl sites for hydroxylation is 1. The van der Waals surface area contributed by atoms with Gasteiger partial charge < -0.3 is 5.32 Å². The molecule has 0 unspecified atom stereocenters. The molecule has 0 aliphatic rings. The Morgan fingerprint density at radius 1 is 1.50 bits per heavy atom. The summed E-state index contributed by atoms with van der Waals surface area (Å²) in [5.41, 5.74) is 1.79. The zero-order valence-corrected chi connectivity index (χ0v) is 13.6. The van der Waals surface area contributed by atoms with E-state index in [1.54, 1.807) is 11.0 Å². The maximum absolute atomic E-state index is 12.2. The molecule has 0 fully saturated rings. The maximum Gasteiger partial charge on any atom is 0.230 e. The Hall–Kier alpha value is -1.99. The summed E-state index contributed by atoms with van der Waals surface area (Å²) < 4.78 is 2.63. The van der Waals surface area contributed by atoms with Gasteiger partial charge in [0.1, 0.15) is 12.7 Å². The second kappa shape index (κ2) is 6.02. The maximum atomic E-state index is 12.2. The lowest BCUT2D eigenvalue weighted by Crippen LogP contribution is -2.24. The highest BCUT2D eigenvalue weighted by molar-refractivity contribution is 7.22. The van der Waals surface area contributed by atoms with E-state index in [-0.39, 0.29) is 11.8 Å². The molecule has 1 N–H and O–H groups in total. The molecule has 22 heavy (non-hydrogen) atoms. The summed E-state index contributed by atoms with van der Waals surface area (Å²) in [6.45, 7) is 4.26. The number of fused-ring (bicyclic) bond motifs is 1. The number of carbonyl (C=O) groups excluding carboxylic acids is 1. The summed E-state index contributed by atoms with van der Waals surface area (Å²) in [4.78, 5) is 20.5. The fourth-order valence-electron chi connectivity index (χ4n) is 2.02. The largest absolute Gasteiger partial charge is 0.302 e. The van der Waals surface area contributed by atoms with Crippen LogP contribution in [0.2, 0.25) is 5.02 Å². The number of rotatable bonds is 4. The number of aromatic nitrogens is 4. The third kappa shape index (κ3) is 3.10. The first-order chi connectivity index (χ1) is 10.5. The molecule has 6 nitrogen and oxygen atoms in total. The molecule has 0 bridgehead atoms. The first-order valence-corrected chi connectivity index (χ1v) is 7.92. The topological polar surface area (TPSA) is 72.7 Å². The molecule has 114 valence electrons. The molecular formula is C14H14ClN5OS. The second-order valence-electron chi connectivity index (χ2n) is 5.10. The van der Waals surface area contributed by atoms with Gasteiger partial charge in [-0.05, 0) is 24.6 Å². The average Bonchev–Trinajstić information content (AvgIpc) is 3.09. The number of hydrogen-bond donors (Lipinski definition) is 1. The van der Waals surface area contributed by atoms with Gasteiger partial charge in [0.2, 0.25) is 5.91 Å². The first-order valence-electron chi connectivity index (χ1n) is 6.73. The molecular weight excluding hydrogens is 322 g/mol. The molecule has 3 aromatic rings. The number of carbonyl (C=O) groups is 1. The Kier molecular flexibility index (Phi) is 4.08. The minimum atomic E-state index is -0.237. The van der Waals surface area contributed by atoms with Crippen LogP contribution in [0, 0.1) is 12.8 Å². The Labute approximate surface area is 136 Å². The molecule has 0 radical (unpaired) electrons. The summed E-state index contributed by atoms with van der Waals surface area (Å²) in [5.74, 6) is -0.337. The monoisotopic (exact) mass is 335 g/mol. The number of nitrogens with one attached hydrogen (secondary N) is 1. The van der Waals surface area contributed by atoms with E-state index in [2.05, 4.69) is 20.4 Å². The first kappa shape index (κ1) is 14.9. The predicted octanol–water partition coefficient (Wildman–Crippen LogP) is 3.12. The smallest absolute Gasteiger partial charge is 0.230 e. The van der Waals surface area contributed by atoms with Crippen molar-refractivity contribution in [2.75, 3.05) is 5.32 Å². The van der Waals surface area contributed by atoms with Gasteiger partial charge >= 0.3 is 0 Å². The quantitative estimate of drug-likeness (QED) is 0.795. The van der Waals surface area contributed by atoms with Crippen LogP contribution in [0.5, 0.6) is 0 Å². The van der Waals surface area contributed by atoms with Gasteiger partial charge in [-0.25, -0.2) is 9.97 Å². The van der Waals surface area contributed by atoms with E-state index in [1.807, 2.05) is 26.0 Å². The van der Waals surface area contributed by atoms with E-state index in [4.69, 9.17) is 11.6 Å². The molecule has 1 aromatic carbocycles. The number of amides is 1. The molecule has 0 spiro atoms. The van der Waals surface area contributed by atoms with Crippen LogP contribution < -0.4 is 5.32 Å². The number of nitrogens with zero attached hydrogens (tertiary/aromatic N) is 4. The van der Waals surface area contributed by atoms with Crippen LogP contribution >= 0.6 is 22.9 Å². The highest BCUT2D eigenvalue weighted by Crippen LogP contribution is 2.30. The summed E-state index contributed by atoms with van der Waals surface area (Å²) in [5, 5.41) is 8.10. The molecule has 0 saturated heterocycles. The van der Waals surface area contributed by atoms with Crippen molar-refractivity contribution >= 4 is 44.2 Å². The molecule has 3 rings (SSSR count). The highest BCUT2D eigenvalue weighted by Gasteiger charge is 2.16. The zero-order valence-electron chi connectivity index (χ0n) is 12.1. The summed E-state index contributed by atoms with van der Waals surface area (Å²) >= 11 is 7.53. The molecule has 1 atom stereocenters. The van der Waals surface area contributed by atoms with E-state index in [1.165, 1.54) is 17.7 Å². The van der Waals surface area contributed by atoms with E-state index < -0.39 is 0 Å². The molecule has 0 aliphatic heterocycles. The van der Waals surface area contributed by atoms with E-state index in [0.29, 0.717) is 16.7 Å². The van der Waals surface area contributed by atoms with Gasteiger partial charge in [-0.1, -0.05) is 29.9 Å². The fourth-order valence-corrected chi connectivity index (χ4v) is 3.13. The van der Waals surface area contributed by atoms with Gasteiger partial charge in [0.15, 0.2) is 5.13 Å². The minimum Gasteiger partial charge on any atom is -0.302 e. The van der Waals surface area contributed by atoms with Crippen molar-refractivity contribution in [3.8, 4) is 0 Å². The van der Waals surface area contributed by atoms with Crippen LogP contribution in [0.4, 0.5) is 5.13 Å². The molecule has 1 amide bonds. The van der Waals surface area contributed by atoms with Gasteiger partial charge in [-0.2, -0.15) is 5.10 Å². The lowest BCUT2D eigenvalue weighted by molar-refractivity contribution is -0.119. The molecule has 2 aromatic heterocycles. The van der Waals surface area contributed by atoms with Crippen LogP contribution in [0.3, 0.4) is 0 Å². The second-order valence-corrected chi connectivity index (χ2v) is 6.53. The number of halogens is 1. The molecule has 8 heteroatoms. The van der Waals surface area contributed by atoms with Gasteiger partial charge in [0.05, 0.1) is 22.7 Å². The summed E-state index contributed by atoms with van der Waals surface area (Å²) in [6, 6.07) is 3.79. The van der Waals surface area contributed by atoms with E-state index in [9.17, 15) is 4.79 Å². The van der Waals surface area contributed by atoms with Crippen molar-refractivity contribution in [2.24, 2.45) is 5.92 Å². The third-order valence-corrected chi connectivity index (χ3v) is 4.61. The van der Waals surface area contributed by atoms with Crippen LogP contribution in [-0.2, 0) is 11.3 Å². The van der Waals surface area contributed by atoms with Gasteiger partial charge in [-0.15, -0.1) is 0 Å². The van der Waals surface area contributed by atoms with Crippen molar-refractivity contribution in [3.05, 3.63) is 35.4 Å². The van der Waals surface area contributed by atoms with Gasteiger partial charge in [-0.3, -0.25) is 9.48 Å². The van der Waals surface area contributed by atoms with Crippen molar-refractivity contribution in [1.29, 1.82) is 0 Å². The van der Waals surface area contributed by atoms with Crippen LogP contribution in [0.25, 0.3) is 10.2 Å². The number of benzene rings is 1. The zero-order chi connectivity index (χ0) is 15.7. The average molecular weight is 336 g/mol. The van der Waals surface area contributed by atoms with E-state index >= 15 is 0 Å². The number of anilines is 1. The number of hydrogen-bond acceptors (Lipinski definition) is 5. The van der Waals surface area contributed by atoms with Gasteiger partial charge in [0, 0.05) is 5.02 Å².